The standard InChI is InChI=1S/C22H29N5O3S/c1-21(2,31(24)30)13-17-16-6-4-3-5-15(16)12-22(17)7-9-26(10-8-22)20-11-18(23)19(14-25-20)27(28)29/h3-6,11,14,17H,7-10,12-13,24H2,1-2H3,(H2,23,25)/t17-,31?/m1/s1. The Kier molecular flexibility index (Phi) is 5.61. The first-order chi connectivity index (χ1) is 14.6. The summed E-state index contributed by atoms with van der Waals surface area (Å²) in [6, 6.07) is 10.2. The van der Waals surface area contributed by atoms with Crippen LogP contribution < -0.4 is 15.8 Å². The summed E-state index contributed by atoms with van der Waals surface area (Å²) in [7, 11) is 0. The van der Waals surface area contributed by atoms with E-state index in [1.807, 2.05) is 13.8 Å². The van der Waals surface area contributed by atoms with Gasteiger partial charge in [0, 0.05) is 36.9 Å². The van der Waals surface area contributed by atoms with Crippen molar-refractivity contribution in [1.29, 1.82) is 0 Å². The van der Waals surface area contributed by atoms with E-state index in [4.69, 9.17) is 10.9 Å². The van der Waals surface area contributed by atoms with Crippen LogP contribution in [0.15, 0.2) is 36.5 Å². The number of rotatable bonds is 5. The number of benzene rings is 1. The molecule has 4 N–H and O–H groups in total. The molecule has 4 rings (SSSR count). The fraction of sp³-hybridized carbons (Fsp3) is 0.500. The quantitative estimate of drug-likeness (QED) is 0.411. The maximum atomic E-state index is 12.2. The van der Waals surface area contributed by atoms with Crippen LogP contribution in [0.25, 0.3) is 0 Å². The van der Waals surface area contributed by atoms with Crippen molar-refractivity contribution in [2.45, 2.75) is 50.2 Å². The van der Waals surface area contributed by atoms with E-state index in [1.54, 1.807) is 6.07 Å². The van der Waals surface area contributed by atoms with Crippen LogP contribution >= 0.6 is 0 Å². The molecule has 1 saturated heterocycles. The molecule has 0 radical (unpaired) electrons. The van der Waals surface area contributed by atoms with Gasteiger partial charge in [0.2, 0.25) is 0 Å². The molecule has 8 nitrogen and oxygen atoms in total. The highest BCUT2D eigenvalue weighted by molar-refractivity contribution is 7.90. The van der Waals surface area contributed by atoms with Gasteiger partial charge >= 0.3 is 5.69 Å². The van der Waals surface area contributed by atoms with Crippen molar-refractivity contribution in [3.05, 3.63) is 57.8 Å². The highest BCUT2D eigenvalue weighted by Gasteiger charge is 2.50. The molecule has 1 aromatic heterocycles. The molecule has 9 heteroatoms. The molecule has 2 aliphatic rings. The van der Waals surface area contributed by atoms with Gasteiger partial charge in [-0.3, -0.25) is 10.1 Å². The first kappa shape index (κ1) is 21.9. The van der Waals surface area contributed by atoms with Crippen molar-refractivity contribution in [2.75, 3.05) is 23.7 Å². The number of hydrogen-bond acceptors (Lipinski definition) is 7. The Labute approximate surface area is 185 Å². The van der Waals surface area contributed by atoms with E-state index in [1.165, 1.54) is 17.3 Å². The number of nitrogens with two attached hydrogens (primary N) is 2. The molecule has 1 aromatic carbocycles. The van der Waals surface area contributed by atoms with Crippen molar-refractivity contribution < 1.29 is 9.48 Å². The lowest BCUT2D eigenvalue weighted by Gasteiger charge is -2.45. The van der Waals surface area contributed by atoms with Crippen LogP contribution in [0.4, 0.5) is 17.2 Å². The second-order valence-electron chi connectivity index (χ2n) is 9.40. The van der Waals surface area contributed by atoms with E-state index in [-0.39, 0.29) is 16.8 Å². The third-order valence-corrected chi connectivity index (χ3v) is 8.39. The topological polar surface area (TPSA) is 134 Å². The number of anilines is 2. The molecular formula is C22H29N5O3S. The Bertz CT molecular complexity index is 989. The minimum atomic E-state index is -1.40. The van der Waals surface area contributed by atoms with Crippen molar-refractivity contribution in [3.8, 4) is 0 Å². The van der Waals surface area contributed by atoms with E-state index >= 15 is 0 Å². The zero-order valence-electron chi connectivity index (χ0n) is 17.9. The van der Waals surface area contributed by atoms with Crippen LogP contribution in [0.2, 0.25) is 0 Å². The van der Waals surface area contributed by atoms with Crippen LogP contribution in [0.5, 0.6) is 0 Å². The number of aromatic nitrogens is 1. The van der Waals surface area contributed by atoms with Gasteiger partial charge in [0.25, 0.3) is 0 Å². The molecule has 1 aliphatic heterocycles. The average Bonchev–Trinajstić information content (AvgIpc) is 3.00. The summed E-state index contributed by atoms with van der Waals surface area (Å²) in [6.45, 7) is 5.55. The van der Waals surface area contributed by atoms with Gasteiger partial charge < -0.3 is 15.2 Å². The lowest BCUT2D eigenvalue weighted by atomic mass is 9.66. The molecule has 166 valence electrons. The highest BCUT2D eigenvalue weighted by atomic mass is 32.2. The highest BCUT2D eigenvalue weighted by Crippen LogP contribution is 2.56. The van der Waals surface area contributed by atoms with Crippen LogP contribution in [-0.2, 0) is 17.8 Å². The predicted octanol–water partition coefficient (Wildman–Crippen LogP) is 3.29. The summed E-state index contributed by atoms with van der Waals surface area (Å²) in [6.07, 6.45) is 4.93. The molecular weight excluding hydrogens is 414 g/mol. The second kappa shape index (κ2) is 7.96. The minimum Gasteiger partial charge on any atom is -0.598 e. The maximum Gasteiger partial charge on any atom is 0.310 e. The Hall–Kier alpha value is -2.36. The number of hydrogen-bond donors (Lipinski definition) is 2. The van der Waals surface area contributed by atoms with Crippen LogP contribution in [0.3, 0.4) is 0 Å². The van der Waals surface area contributed by atoms with Gasteiger partial charge in [-0.15, -0.1) is 0 Å². The SMILES string of the molecule is CC(C)(C[C@@H]1c2ccccc2CC12CCN(c1cc(N)c([N+](=O)[O-])cn1)CC2)[S+](N)[O-]. The zero-order chi connectivity index (χ0) is 22.4. The summed E-state index contributed by atoms with van der Waals surface area (Å²) < 4.78 is 11.7. The summed E-state index contributed by atoms with van der Waals surface area (Å²) in [5.74, 6) is 0.969. The van der Waals surface area contributed by atoms with Crippen molar-refractivity contribution in [1.82, 2.24) is 4.98 Å². The van der Waals surface area contributed by atoms with Gasteiger partial charge in [-0.2, -0.15) is 5.14 Å². The molecule has 2 heterocycles. The number of nitrogen functional groups attached to an aromatic ring is 1. The largest absolute Gasteiger partial charge is 0.598 e. The molecule has 1 unspecified atom stereocenters. The number of nitro groups is 1. The van der Waals surface area contributed by atoms with Crippen LogP contribution in [0, 0.1) is 15.5 Å². The lowest BCUT2D eigenvalue weighted by Crippen LogP contribution is -2.46. The average molecular weight is 444 g/mol. The first-order valence-electron chi connectivity index (χ1n) is 10.5. The number of fused-ring (bicyclic) bond motifs is 1. The third-order valence-electron chi connectivity index (χ3n) is 7.13. The Balaban J connectivity index is 1.57. The Morgan fingerprint density at radius 1 is 1.32 bits per heavy atom. The maximum absolute atomic E-state index is 12.2. The molecule has 0 saturated carbocycles. The van der Waals surface area contributed by atoms with Gasteiger partial charge in [-0.25, -0.2) is 4.98 Å². The van der Waals surface area contributed by atoms with E-state index in [2.05, 4.69) is 34.1 Å². The van der Waals surface area contributed by atoms with Gasteiger partial charge in [0.1, 0.15) is 22.4 Å². The molecule has 1 aliphatic carbocycles. The summed E-state index contributed by atoms with van der Waals surface area (Å²) >= 11 is -1.40. The summed E-state index contributed by atoms with van der Waals surface area (Å²) in [4.78, 5) is 17.0. The van der Waals surface area contributed by atoms with Crippen molar-refractivity contribution in [2.24, 2.45) is 10.6 Å². The normalized spacial score (nSPS) is 21.2. The van der Waals surface area contributed by atoms with Crippen molar-refractivity contribution >= 4 is 28.6 Å². The number of pyridine rings is 1. The van der Waals surface area contributed by atoms with Gasteiger partial charge in [-0.05, 0) is 55.6 Å². The molecule has 1 fully saturated rings. The van der Waals surface area contributed by atoms with Gasteiger partial charge in [0.15, 0.2) is 0 Å². The van der Waals surface area contributed by atoms with Crippen molar-refractivity contribution in [3.63, 3.8) is 0 Å². The Morgan fingerprint density at radius 3 is 2.61 bits per heavy atom. The minimum absolute atomic E-state index is 0.0865. The molecule has 31 heavy (non-hydrogen) atoms. The Morgan fingerprint density at radius 2 is 2.00 bits per heavy atom. The van der Waals surface area contributed by atoms with E-state index in [0.29, 0.717) is 11.7 Å². The monoisotopic (exact) mass is 443 g/mol. The summed E-state index contributed by atoms with van der Waals surface area (Å²) in [5, 5.41) is 16.9. The summed E-state index contributed by atoms with van der Waals surface area (Å²) in [5.41, 5.74) is 8.65. The lowest BCUT2D eigenvalue weighted by molar-refractivity contribution is -0.384. The fourth-order valence-electron chi connectivity index (χ4n) is 5.25. The second-order valence-corrected chi connectivity index (χ2v) is 11.1. The van der Waals surface area contributed by atoms with Crippen LogP contribution in [0.1, 0.15) is 50.2 Å². The van der Waals surface area contributed by atoms with Gasteiger partial charge in [-0.1, -0.05) is 24.3 Å². The van der Waals surface area contributed by atoms with E-state index < -0.39 is 21.0 Å². The third kappa shape index (κ3) is 3.97. The van der Waals surface area contributed by atoms with Crippen LogP contribution in [-0.4, -0.2) is 32.3 Å². The number of piperidine rings is 1. The molecule has 1 spiro atoms. The molecule has 2 aromatic rings. The smallest absolute Gasteiger partial charge is 0.310 e. The number of nitrogens with zero attached hydrogens (tertiary/aromatic N) is 3. The van der Waals surface area contributed by atoms with E-state index in [0.717, 1.165) is 38.8 Å². The first-order valence-corrected chi connectivity index (χ1v) is 11.7. The predicted molar refractivity (Wildman–Crippen MR) is 123 cm³/mol. The molecule has 0 amide bonds. The molecule has 0 bridgehead atoms. The zero-order valence-corrected chi connectivity index (χ0v) is 18.7. The molecule has 2 atom stereocenters. The van der Waals surface area contributed by atoms with Gasteiger partial charge in [0.05, 0.1) is 4.92 Å². The van der Waals surface area contributed by atoms with E-state index in [9.17, 15) is 14.7 Å². The fourth-order valence-corrected chi connectivity index (χ4v) is 5.58.